The molecule has 0 atom stereocenters. The van der Waals surface area contributed by atoms with Gasteiger partial charge in [-0.05, 0) is 42.8 Å². The van der Waals surface area contributed by atoms with Crippen LogP contribution in [0, 0.1) is 0 Å². The van der Waals surface area contributed by atoms with E-state index in [1.54, 1.807) is 29.3 Å². The number of carbonyl (C=O) groups is 2. The van der Waals surface area contributed by atoms with Crippen LogP contribution in [-0.2, 0) is 37.3 Å². The summed E-state index contributed by atoms with van der Waals surface area (Å²) in [5, 5.41) is 5.70. The van der Waals surface area contributed by atoms with Crippen LogP contribution in [0.5, 0.6) is 0 Å². The molecule has 2 aromatic carbocycles. The van der Waals surface area contributed by atoms with Gasteiger partial charge in [0.25, 0.3) is 5.91 Å². The number of hydrogen-bond donors (Lipinski definition) is 1. The number of rotatable bonds is 8. The minimum atomic E-state index is -3.90. The Kier molecular flexibility index (Phi) is 8.11. The number of nitrogens with zero attached hydrogens (tertiary/aromatic N) is 2. The maximum atomic E-state index is 12.7. The van der Waals surface area contributed by atoms with E-state index in [2.05, 4.69) is 18.8 Å². The monoisotopic (exact) mass is 507 g/mol. The number of sulfonamides is 1. The van der Waals surface area contributed by atoms with Crippen molar-refractivity contribution >= 4 is 55.2 Å². The molecule has 0 aliphatic rings. The molecular weight excluding hydrogens is 482 g/mol. The lowest BCUT2D eigenvalue weighted by Crippen LogP contribution is -2.23. The third kappa shape index (κ3) is 6.76. The molecule has 0 unspecified atom stereocenters. The number of thioether (sulfide) groups is 1. The molecule has 1 aromatic heterocycles. The second kappa shape index (κ2) is 10.6. The van der Waals surface area contributed by atoms with E-state index in [0.717, 1.165) is 21.8 Å². The zero-order chi connectivity index (χ0) is 24.2. The van der Waals surface area contributed by atoms with Crippen LogP contribution in [0.3, 0.4) is 0 Å². The molecule has 0 aliphatic carbocycles. The second-order valence-electron chi connectivity index (χ2n) is 7.44. The predicted molar refractivity (Wildman–Crippen MR) is 130 cm³/mol. The summed E-state index contributed by atoms with van der Waals surface area (Å²) in [6, 6.07) is 12.0. The van der Waals surface area contributed by atoms with Crippen molar-refractivity contribution in [2.24, 2.45) is 10.1 Å². The van der Waals surface area contributed by atoms with Gasteiger partial charge in [-0.3, -0.25) is 9.59 Å². The highest BCUT2D eigenvalue weighted by Crippen LogP contribution is 2.23. The van der Waals surface area contributed by atoms with Crippen molar-refractivity contribution in [3.8, 4) is 0 Å². The van der Waals surface area contributed by atoms with Crippen LogP contribution in [0.1, 0.15) is 26.3 Å². The molecule has 0 saturated heterocycles. The summed E-state index contributed by atoms with van der Waals surface area (Å²) in [6.07, 6.45) is 0.0999. The van der Waals surface area contributed by atoms with Gasteiger partial charge in [-0.15, -0.1) is 11.8 Å². The summed E-state index contributed by atoms with van der Waals surface area (Å²) < 4.78 is 30.6. The molecule has 11 heteroatoms. The highest BCUT2D eigenvalue weighted by Gasteiger charge is 2.15. The summed E-state index contributed by atoms with van der Waals surface area (Å²) in [6.45, 7) is 5.99. The first-order valence-electron chi connectivity index (χ1n) is 10.2. The zero-order valence-electron chi connectivity index (χ0n) is 18.5. The third-order valence-corrected chi connectivity index (χ3v) is 7.41. The Morgan fingerprint density at radius 3 is 2.48 bits per heavy atom. The number of hydrogen-bond acceptors (Lipinski definition) is 7. The Morgan fingerprint density at radius 1 is 1.18 bits per heavy atom. The molecule has 0 radical (unpaired) electrons. The van der Waals surface area contributed by atoms with Gasteiger partial charge in [-0.2, -0.15) is 4.99 Å². The number of aromatic nitrogens is 1. The SMILES string of the molecule is CCOC(=O)Cn1c(=NC(=O)Cc2ccc(SC(C)C)cc2)sc2cc(S(N)(=O)=O)ccc21. The number of thiazole rings is 1. The fraction of sp³-hybridized carbons (Fsp3) is 0.318. The minimum absolute atomic E-state index is 0.0585. The average molecular weight is 508 g/mol. The van der Waals surface area contributed by atoms with Crippen molar-refractivity contribution in [2.75, 3.05) is 6.61 Å². The molecule has 1 amide bonds. The standard InChI is InChI=1S/C22H25N3O5S3/c1-4-30-21(27)13-25-18-10-9-17(33(23,28)29)12-19(18)32-22(25)24-20(26)11-15-5-7-16(8-6-15)31-14(2)3/h5-10,12,14H,4,11,13H2,1-3H3,(H2,23,28,29). The third-order valence-electron chi connectivity index (χ3n) is 4.45. The largest absolute Gasteiger partial charge is 0.465 e. The summed E-state index contributed by atoms with van der Waals surface area (Å²) in [4.78, 5) is 30.4. The number of benzene rings is 2. The first-order valence-corrected chi connectivity index (χ1v) is 13.5. The maximum absolute atomic E-state index is 12.7. The summed E-state index contributed by atoms with van der Waals surface area (Å²) >= 11 is 2.85. The smallest absolute Gasteiger partial charge is 0.326 e. The number of fused-ring (bicyclic) bond motifs is 1. The molecule has 33 heavy (non-hydrogen) atoms. The lowest BCUT2D eigenvalue weighted by molar-refractivity contribution is -0.143. The van der Waals surface area contributed by atoms with Gasteiger partial charge in [-0.25, -0.2) is 13.6 Å². The number of nitrogens with two attached hydrogens (primary N) is 1. The van der Waals surface area contributed by atoms with Gasteiger partial charge in [0.2, 0.25) is 10.0 Å². The zero-order valence-corrected chi connectivity index (χ0v) is 20.9. The molecule has 2 N–H and O–H groups in total. The Morgan fingerprint density at radius 2 is 1.88 bits per heavy atom. The fourth-order valence-corrected chi connectivity index (χ4v) is 5.62. The summed E-state index contributed by atoms with van der Waals surface area (Å²) in [7, 11) is -3.90. The van der Waals surface area contributed by atoms with Crippen LogP contribution in [0.25, 0.3) is 10.2 Å². The van der Waals surface area contributed by atoms with Crippen molar-refractivity contribution in [1.29, 1.82) is 0 Å². The molecular formula is C22H25N3O5S3. The van der Waals surface area contributed by atoms with E-state index in [-0.39, 0.29) is 35.2 Å². The van der Waals surface area contributed by atoms with Gasteiger partial charge in [0, 0.05) is 10.1 Å². The van der Waals surface area contributed by atoms with E-state index in [0.29, 0.717) is 15.5 Å². The van der Waals surface area contributed by atoms with Crippen molar-refractivity contribution in [2.45, 2.75) is 48.8 Å². The van der Waals surface area contributed by atoms with Crippen molar-refractivity contribution in [3.05, 3.63) is 52.8 Å². The maximum Gasteiger partial charge on any atom is 0.326 e. The molecule has 0 bridgehead atoms. The van der Waals surface area contributed by atoms with E-state index >= 15 is 0 Å². The highest BCUT2D eigenvalue weighted by atomic mass is 32.2. The Labute approximate surface area is 200 Å². The van der Waals surface area contributed by atoms with Crippen LogP contribution >= 0.6 is 23.1 Å². The summed E-state index contributed by atoms with van der Waals surface area (Å²) in [5.41, 5.74) is 1.38. The Bertz CT molecular complexity index is 1340. The molecule has 0 spiro atoms. The molecule has 3 rings (SSSR count). The Hall–Kier alpha value is -2.47. The molecule has 8 nitrogen and oxygen atoms in total. The van der Waals surface area contributed by atoms with Crippen LogP contribution in [-0.4, -0.2) is 36.7 Å². The highest BCUT2D eigenvalue weighted by molar-refractivity contribution is 7.99. The first kappa shape index (κ1) is 25.2. The van der Waals surface area contributed by atoms with Gasteiger partial charge in [0.15, 0.2) is 4.80 Å². The van der Waals surface area contributed by atoms with E-state index in [9.17, 15) is 18.0 Å². The van der Waals surface area contributed by atoms with Crippen LogP contribution in [0.15, 0.2) is 57.2 Å². The van der Waals surface area contributed by atoms with Gasteiger partial charge in [-0.1, -0.05) is 37.3 Å². The van der Waals surface area contributed by atoms with Crippen LogP contribution in [0.4, 0.5) is 0 Å². The van der Waals surface area contributed by atoms with Crippen molar-refractivity contribution in [1.82, 2.24) is 4.57 Å². The number of carbonyl (C=O) groups excluding carboxylic acids is 2. The second-order valence-corrected chi connectivity index (χ2v) is 11.7. The topological polar surface area (TPSA) is 121 Å². The fourth-order valence-electron chi connectivity index (χ4n) is 3.08. The molecule has 1 heterocycles. The van der Waals surface area contributed by atoms with Crippen LogP contribution < -0.4 is 9.94 Å². The van der Waals surface area contributed by atoms with Crippen molar-refractivity contribution in [3.63, 3.8) is 0 Å². The molecule has 0 aliphatic heterocycles. The quantitative estimate of drug-likeness (QED) is 0.369. The van der Waals surface area contributed by atoms with Gasteiger partial charge in [0.05, 0.1) is 28.1 Å². The summed E-state index contributed by atoms with van der Waals surface area (Å²) in [5.74, 6) is -0.866. The lowest BCUT2D eigenvalue weighted by Gasteiger charge is -2.06. The first-order chi connectivity index (χ1) is 15.6. The van der Waals surface area contributed by atoms with E-state index < -0.39 is 16.0 Å². The molecule has 0 fully saturated rings. The number of amides is 1. The van der Waals surface area contributed by atoms with Gasteiger partial charge < -0.3 is 9.30 Å². The number of ether oxygens (including phenoxy) is 1. The van der Waals surface area contributed by atoms with Crippen molar-refractivity contribution < 1.29 is 22.7 Å². The average Bonchev–Trinajstić information content (AvgIpc) is 3.04. The van der Waals surface area contributed by atoms with Gasteiger partial charge >= 0.3 is 5.97 Å². The normalized spacial score (nSPS) is 12.5. The predicted octanol–water partition coefficient (Wildman–Crippen LogP) is 3.08. The molecule has 0 saturated carbocycles. The van der Waals surface area contributed by atoms with E-state index in [4.69, 9.17) is 9.88 Å². The Balaban J connectivity index is 1.96. The van der Waals surface area contributed by atoms with Gasteiger partial charge in [0.1, 0.15) is 6.54 Å². The van der Waals surface area contributed by atoms with Crippen LogP contribution in [0.2, 0.25) is 0 Å². The van der Waals surface area contributed by atoms with E-state index in [1.807, 2.05) is 24.3 Å². The molecule has 176 valence electrons. The molecule has 3 aromatic rings. The lowest BCUT2D eigenvalue weighted by atomic mass is 10.1. The number of primary sulfonamides is 1. The van der Waals surface area contributed by atoms with E-state index in [1.165, 1.54) is 12.1 Å². The number of esters is 1. The minimum Gasteiger partial charge on any atom is -0.465 e.